The van der Waals surface area contributed by atoms with E-state index in [0.717, 1.165) is 24.9 Å². The molecule has 0 amide bonds. The number of aryl methyl sites for hydroxylation is 1. The summed E-state index contributed by atoms with van der Waals surface area (Å²) in [5.74, 6) is -0.183. The van der Waals surface area contributed by atoms with Gasteiger partial charge in [-0.3, -0.25) is 0 Å². The van der Waals surface area contributed by atoms with Gasteiger partial charge in [0.2, 0.25) is 0 Å². The van der Waals surface area contributed by atoms with Gasteiger partial charge in [0.1, 0.15) is 5.82 Å². The maximum atomic E-state index is 14.5. The molecule has 0 aliphatic rings. The van der Waals surface area contributed by atoms with Crippen molar-refractivity contribution in [3.63, 3.8) is 0 Å². The van der Waals surface area contributed by atoms with Gasteiger partial charge < -0.3 is 5.32 Å². The molecule has 0 bridgehead atoms. The zero-order valence-electron chi connectivity index (χ0n) is 12.5. The second-order valence-electron chi connectivity index (χ2n) is 5.08. The van der Waals surface area contributed by atoms with Crippen LogP contribution in [0, 0.1) is 5.82 Å². The van der Waals surface area contributed by atoms with Crippen LogP contribution in [0.25, 0.3) is 0 Å². The van der Waals surface area contributed by atoms with Crippen molar-refractivity contribution in [3.05, 3.63) is 69.4 Å². The van der Waals surface area contributed by atoms with Crippen molar-refractivity contribution in [1.29, 1.82) is 0 Å². The molecule has 1 atom stereocenters. The largest absolute Gasteiger partial charge is 0.306 e. The van der Waals surface area contributed by atoms with Crippen molar-refractivity contribution < 1.29 is 4.39 Å². The van der Waals surface area contributed by atoms with E-state index >= 15 is 0 Å². The van der Waals surface area contributed by atoms with E-state index in [1.54, 1.807) is 6.07 Å². The Balaban J connectivity index is 2.50. The summed E-state index contributed by atoms with van der Waals surface area (Å²) in [6, 6.07) is 13.6. The minimum Gasteiger partial charge on any atom is -0.306 e. The fraction of sp³-hybridized carbons (Fsp3) is 0.333. The van der Waals surface area contributed by atoms with Gasteiger partial charge in [-0.25, -0.2) is 4.39 Å². The highest BCUT2D eigenvalue weighted by Crippen LogP contribution is 2.30. The first kappa shape index (κ1) is 16.2. The average Bonchev–Trinajstić information content (AvgIpc) is 2.52. The summed E-state index contributed by atoms with van der Waals surface area (Å²) in [7, 11) is 0. The van der Waals surface area contributed by atoms with Crippen LogP contribution in [-0.4, -0.2) is 6.54 Å². The molecule has 0 spiro atoms. The maximum Gasteiger partial charge on any atom is 0.142 e. The monoisotopic (exact) mass is 349 g/mol. The molecule has 1 nitrogen and oxygen atoms in total. The number of nitrogens with one attached hydrogen (secondary N) is 1. The summed E-state index contributed by atoms with van der Waals surface area (Å²) in [4.78, 5) is 0. The van der Waals surface area contributed by atoms with Crippen molar-refractivity contribution in [2.75, 3.05) is 6.54 Å². The summed E-state index contributed by atoms with van der Waals surface area (Å²) in [6.45, 7) is 5.11. The topological polar surface area (TPSA) is 12.0 Å². The van der Waals surface area contributed by atoms with E-state index in [1.165, 1.54) is 5.56 Å². The zero-order valence-corrected chi connectivity index (χ0v) is 14.1. The zero-order chi connectivity index (χ0) is 15.2. The molecule has 0 aromatic heterocycles. The summed E-state index contributed by atoms with van der Waals surface area (Å²) in [6.07, 6.45) is 1.95. The Kier molecular flexibility index (Phi) is 5.95. The lowest BCUT2D eigenvalue weighted by Gasteiger charge is -2.23. The van der Waals surface area contributed by atoms with Crippen LogP contribution in [0.5, 0.6) is 0 Å². The first-order valence-electron chi connectivity index (χ1n) is 7.44. The molecular formula is C18H21BrFN. The van der Waals surface area contributed by atoms with Crippen LogP contribution in [0.4, 0.5) is 4.39 Å². The van der Waals surface area contributed by atoms with Gasteiger partial charge in [-0.05, 0) is 52.5 Å². The Morgan fingerprint density at radius 2 is 1.76 bits per heavy atom. The van der Waals surface area contributed by atoms with E-state index in [-0.39, 0.29) is 11.9 Å². The summed E-state index contributed by atoms with van der Waals surface area (Å²) in [5, 5.41) is 3.48. The first-order chi connectivity index (χ1) is 10.2. The standard InChI is InChI=1S/C18H21BrFN/c1-3-12-21-18(14-9-6-5-8-13(14)4-2)15-10-7-11-16(19)17(15)20/h5-11,18,21H,3-4,12H2,1-2H3. The SMILES string of the molecule is CCCNC(c1ccccc1CC)c1cccc(Br)c1F. The third kappa shape index (κ3) is 3.72. The third-order valence-electron chi connectivity index (χ3n) is 3.64. The van der Waals surface area contributed by atoms with Crippen LogP contribution >= 0.6 is 15.9 Å². The number of hydrogen-bond acceptors (Lipinski definition) is 1. The average molecular weight is 350 g/mol. The Morgan fingerprint density at radius 3 is 2.48 bits per heavy atom. The second kappa shape index (κ2) is 7.71. The molecule has 0 aliphatic carbocycles. The number of benzene rings is 2. The van der Waals surface area contributed by atoms with Crippen LogP contribution in [0.15, 0.2) is 46.9 Å². The second-order valence-corrected chi connectivity index (χ2v) is 5.94. The summed E-state index contributed by atoms with van der Waals surface area (Å²) in [5.41, 5.74) is 3.11. The lowest BCUT2D eigenvalue weighted by Crippen LogP contribution is -2.25. The van der Waals surface area contributed by atoms with Gasteiger partial charge in [-0.15, -0.1) is 0 Å². The van der Waals surface area contributed by atoms with Crippen molar-refractivity contribution >= 4 is 15.9 Å². The Morgan fingerprint density at radius 1 is 1.05 bits per heavy atom. The lowest BCUT2D eigenvalue weighted by molar-refractivity contribution is 0.541. The normalized spacial score (nSPS) is 12.4. The molecule has 112 valence electrons. The van der Waals surface area contributed by atoms with Crippen LogP contribution in [0.1, 0.15) is 43.0 Å². The highest BCUT2D eigenvalue weighted by molar-refractivity contribution is 9.10. The lowest BCUT2D eigenvalue weighted by atomic mass is 9.93. The van der Waals surface area contributed by atoms with Crippen LogP contribution in [0.3, 0.4) is 0 Å². The van der Waals surface area contributed by atoms with Gasteiger partial charge in [0, 0.05) is 5.56 Å². The molecule has 0 saturated carbocycles. The van der Waals surface area contributed by atoms with Gasteiger partial charge in [0.05, 0.1) is 10.5 Å². The van der Waals surface area contributed by atoms with Gasteiger partial charge in [-0.2, -0.15) is 0 Å². The Bertz CT molecular complexity index is 598. The highest BCUT2D eigenvalue weighted by Gasteiger charge is 2.20. The van der Waals surface area contributed by atoms with Crippen LogP contribution in [0.2, 0.25) is 0 Å². The van der Waals surface area contributed by atoms with Crippen molar-refractivity contribution in [2.45, 2.75) is 32.7 Å². The van der Waals surface area contributed by atoms with Crippen molar-refractivity contribution in [1.82, 2.24) is 5.32 Å². The molecule has 0 saturated heterocycles. The molecule has 1 N–H and O–H groups in total. The van der Waals surface area contributed by atoms with Gasteiger partial charge in [0.15, 0.2) is 0 Å². The van der Waals surface area contributed by atoms with Gasteiger partial charge in [0.25, 0.3) is 0 Å². The number of halogens is 2. The van der Waals surface area contributed by atoms with E-state index in [4.69, 9.17) is 0 Å². The number of rotatable bonds is 6. The molecule has 0 fully saturated rings. The van der Waals surface area contributed by atoms with E-state index in [0.29, 0.717) is 10.0 Å². The highest BCUT2D eigenvalue weighted by atomic mass is 79.9. The first-order valence-corrected chi connectivity index (χ1v) is 8.23. The Hall–Kier alpha value is -1.19. The van der Waals surface area contributed by atoms with Crippen LogP contribution in [-0.2, 0) is 6.42 Å². The van der Waals surface area contributed by atoms with E-state index < -0.39 is 0 Å². The quantitative estimate of drug-likeness (QED) is 0.751. The molecule has 21 heavy (non-hydrogen) atoms. The molecule has 2 aromatic rings. The molecule has 1 unspecified atom stereocenters. The molecule has 0 heterocycles. The predicted molar refractivity (Wildman–Crippen MR) is 90.1 cm³/mol. The fourth-order valence-corrected chi connectivity index (χ4v) is 2.94. The van der Waals surface area contributed by atoms with E-state index in [1.807, 2.05) is 24.3 Å². The summed E-state index contributed by atoms with van der Waals surface area (Å²) < 4.78 is 15.0. The van der Waals surface area contributed by atoms with Crippen LogP contribution < -0.4 is 5.32 Å². The minimum atomic E-state index is -0.183. The Labute approximate surface area is 134 Å². The molecule has 2 rings (SSSR count). The van der Waals surface area contributed by atoms with E-state index in [9.17, 15) is 4.39 Å². The van der Waals surface area contributed by atoms with E-state index in [2.05, 4.69) is 47.2 Å². The molecule has 3 heteroatoms. The van der Waals surface area contributed by atoms with Gasteiger partial charge in [-0.1, -0.05) is 50.2 Å². The molecule has 0 radical (unpaired) electrons. The van der Waals surface area contributed by atoms with Crippen molar-refractivity contribution in [3.8, 4) is 0 Å². The fourth-order valence-electron chi connectivity index (χ4n) is 2.56. The maximum absolute atomic E-state index is 14.5. The third-order valence-corrected chi connectivity index (χ3v) is 4.25. The molecular weight excluding hydrogens is 329 g/mol. The number of hydrogen-bond donors (Lipinski definition) is 1. The molecule has 0 aliphatic heterocycles. The van der Waals surface area contributed by atoms with Gasteiger partial charge >= 0.3 is 0 Å². The molecule has 2 aromatic carbocycles. The minimum absolute atomic E-state index is 0.112. The summed E-state index contributed by atoms with van der Waals surface area (Å²) >= 11 is 3.29. The van der Waals surface area contributed by atoms with Crippen molar-refractivity contribution in [2.24, 2.45) is 0 Å². The predicted octanol–water partition coefficient (Wildman–Crippen LogP) is 5.24. The smallest absolute Gasteiger partial charge is 0.142 e.